The maximum Gasteiger partial charge on any atom is 0.409 e. The van der Waals surface area contributed by atoms with Crippen molar-refractivity contribution in [3.05, 3.63) is 34.6 Å². The number of nitrogens with one attached hydrogen (secondary N) is 1. The standard InChI is InChI=1S/C20H26ClFN4O4/c1-2-30-20(29)25-9-7-24(8-10-25)18(27)12-17-19(28)23-5-6-26(17)13-14-3-4-15(21)16(22)11-14/h3-4,11,17H,2,5-10,12-13H2,1H3,(H,23,28). The highest BCUT2D eigenvalue weighted by Gasteiger charge is 2.34. The number of ether oxygens (including phenoxy) is 1. The third-order valence-corrected chi connectivity index (χ3v) is 5.64. The minimum atomic E-state index is -0.631. The summed E-state index contributed by atoms with van der Waals surface area (Å²) in [5.74, 6) is -0.871. The number of hydrogen-bond donors (Lipinski definition) is 1. The molecule has 1 atom stereocenters. The van der Waals surface area contributed by atoms with Gasteiger partial charge in [0.1, 0.15) is 5.82 Å². The van der Waals surface area contributed by atoms with Crippen molar-refractivity contribution >= 4 is 29.5 Å². The summed E-state index contributed by atoms with van der Waals surface area (Å²) in [5.41, 5.74) is 0.687. The molecule has 10 heteroatoms. The van der Waals surface area contributed by atoms with Gasteiger partial charge >= 0.3 is 6.09 Å². The molecule has 0 saturated carbocycles. The molecule has 1 aromatic rings. The third kappa shape index (κ3) is 5.40. The van der Waals surface area contributed by atoms with Crippen molar-refractivity contribution in [3.63, 3.8) is 0 Å². The molecule has 30 heavy (non-hydrogen) atoms. The van der Waals surface area contributed by atoms with Crippen LogP contribution in [0.5, 0.6) is 0 Å². The fourth-order valence-corrected chi connectivity index (χ4v) is 3.81. The molecule has 1 unspecified atom stereocenters. The average Bonchev–Trinajstić information content (AvgIpc) is 2.73. The lowest BCUT2D eigenvalue weighted by Gasteiger charge is -2.38. The number of carbonyl (C=O) groups excluding carboxylic acids is 3. The van der Waals surface area contributed by atoms with E-state index >= 15 is 0 Å². The maximum atomic E-state index is 13.8. The van der Waals surface area contributed by atoms with Crippen LogP contribution in [0.25, 0.3) is 0 Å². The van der Waals surface area contributed by atoms with E-state index in [2.05, 4.69) is 5.32 Å². The highest BCUT2D eigenvalue weighted by molar-refractivity contribution is 6.30. The molecule has 2 aliphatic heterocycles. The van der Waals surface area contributed by atoms with Gasteiger partial charge in [0.05, 0.1) is 24.1 Å². The molecule has 3 amide bonds. The van der Waals surface area contributed by atoms with E-state index in [0.717, 1.165) is 0 Å². The van der Waals surface area contributed by atoms with Crippen LogP contribution in [-0.4, -0.2) is 84.5 Å². The minimum absolute atomic E-state index is 0.0291. The fourth-order valence-electron chi connectivity index (χ4n) is 3.69. The molecule has 3 rings (SSSR count). The Morgan fingerprint density at radius 3 is 2.57 bits per heavy atom. The summed E-state index contributed by atoms with van der Waals surface area (Å²) in [4.78, 5) is 42.2. The first-order valence-corrected chi connectivity index (χ1v) is 10.4. The Kier molecular flexibility index (Phi) is 7.49. The zero-order valence-corrected chi connectivity index (χ0v) is 17.7. The summed E-state index contributed by atoms with van der Waals surface area (Å²) >= 11 is 5.74. The van der Waals surface area contributed by atoms with E-state index in [4.69, 9.17) is 16.3 Å². The molecule has 1 aromatic carbocycles. The number of nitrogens with zero attached hydrogens (tertiary/aromatic N) is 3. The summed E-state index contributed by atoms with van der Waals surface area (Å²) in [6, 6.07) is 3.92. The number of rotatable bonds is 5. The maximum absolute atomic E-state index is 13.8. The van der Waals surface area contributed by atoms with Crippen LogP contribution >= 0.6 is 11.6 Å². The van der Waals surface area contributed by atoms with E-state index in [1.807, 2.05) is 4.90 Å². The highest BCUT2D eigenvalue weighted by Crippen LogP contribution is 2.20. The van der Waals surface area contributed by atoms with Crippen LogP contribution in [0.3, 0.4) is 0 Å². The van der Waals surface area contributed by atoms with Gasteiger partial charge in [-0.25, -0.2) is 9.18 Å². The number of piperazine rings is 2. The average molecular weight is 441 g/mol. The number of amides is 3. The predicted octanol–water partition coefficient (Wildman–Crippen LogP) is 1.47. The molecule has 2 saturated heterocycles. The number of benzene rings is 1. The van der Waals surface area contributed by atoms with Gasteiger partial charge in [0.15, 0.2) is 0 Å². The van der Waals surface area contributed by atoms with Gasteiger partial charge in [-0.15, -0.1) is 0 Å². The summed E-state index contributed by atoms with van der Waals surface area (Å²) < 4.78 is 18.8. The summed E-state index contributed by atoms with van der Waals surface area (Å²) in [6.07, 6.45) is -0.348. The van der Waals surface area contributed by atoms with E-state index in [1.54, 1.807) is 22.8 Å². The topological polar surface area (TPSA) is 82.2 Å². The zero-order valence-electron chi connectivity index (χ0n) is 16.9. The van der Waals surface area contributed by atoms with Crippen LogP contribution in [0, 0.1) is 5.82 Å². The second kappa shape index (κ2) is 10.1. The molecule has 0 spiro atoms. The van der Waals surface area contributed by atoms with E-state index in [-0.39, 0.29) is 29.4 Å². The Labute approximate surface area is 179 Å². The van der Waals surface area contributed by atoms with Crippen LogP contribution in [0.2, 0.25) is 5.02 Å². The molecule has 0 aromatic heterocycles. The summed E-state index contributed by atoms with van der Waals surface area (Å²) in [5, 5.41) is 2.84. The molecule has 0 bridgehead atoms. The minimum Gasteiger partial charge on any atom is -0.450 e. The molecule has 8 nitrogen and oxygen atoms in total. The summed E-state index contributed by atoms with van der Waals surface area (Å²) in [6.45, 7) is 5.02. The van der Waals surface area contributed by atoms with Crippen molar-refractivity contribution in [2.45, 2.75) is 25.9 Å². The number of halogens is 2. The second-order valence-corrected chi connectivity index (χ2v) is 7.70. The van der Waals surface area contributed by atoms with E-state index in [0.29, 0.717) is 58.0 Å². The molecule has 2 aliphatic rings. The molecule has 0 aliphatic carbocycles. The van der Waals surface area contributed by atoms with Crippen molar-refractivity contribution in [3.8, 4) is 0 Å². The third-order valence-electron chi connectivity index (χ3n) is 5.34. The Hall–Kier alpha value is -2.39. The molecule has 2 heterocycles. The Balaban J connectivity index is 1.59. The van der Waals surface area contributed by atoms with Crippen LogP contribution in [0.15, 0.2) is 18.2 Å². The van der Waals surface area contributed by atoms with Crippen LogP contribution in [-0.2, 0) is 20.9 Å². The molecule has 1 N–H and O–H groups in total. The zero-order chi connectivity index (χ0) is 21.7. The molecule has 0 radical (unpaired) electrons. The van der Waals surface area contributed by atoms with Crippen molar-refractivity contribution in [2.75, 3.05) is 45.9 Å². The van der Waals surface area contributed by atoms with Gasteiger partial charge in [0.25, 0.3) is 0 Å². The van der Waals surface area contributed by atoms with Crippen molar-refractivity contribution in [1.29, 1.82) is 0 Å². The Morgan fingerprint density at radius 1 is 1.20 bits per heavy atom. The first-order chi connectivity index (χ1) is 14.4. The largest absolute Gasteiger partial charge is 0.450 e. The van der Waals surface area contributed by atoms with E-state index < -0.39 is 11.9 Å². The molecule has 2 fully saturated rings. The quantitative estimate of drug-likeness (QED) is 0.749. The van der Waals surface area contributed by atoms with Gasteiger partial charge in [-0.05, 0) is 24.6 Å². The van der Waals surface area contributed by atoms with Gasteiger partial charge in [-0.3, -0.25) is 14.5 Å². The normalized spacial score (nSPS) is 20.1. The fraction of sp³-hybridized carbons (Fsp3) is 0.550. The van der Waals surface area contributed by atoms with Gasteiger partial charge in [-0.1, -0.05) is 17.7 Å². The lowest BCUT2D eigenvalue weighted by molar-refractivity contribution is -0.140. The Bertz CT molecular complexity index is 801. The summed E-state index contributed by atoms with van der Waals surface area (Å²) in [7, 11) is 0. The first kappa shape index (κ1) is 22.3. The molecule has 164 valence electrons. The van der Waals surface area contributed by atoms with Gasteiger partial charge in [0, 0.05) is 45.8 Å². The monoisotopic (exact) mass is 440 g/mol. The van der Waals surface area contributed by atoms with Gasteiger partial charge < -0.3 is 19.9 Å². The Morgan fingerprint density at radius 2 is 1.90 bits per heavy atom. The number of carbonyl (C=O) groups is 3. The number of hydrogen-bond acceptors (Lipinski definition) is 5. The van der Waals surface area contributed by atoms with E-state index in [1.165, 1.54) is 12.1 Å². The van der Waals surface area contributed by atoms with Crippen molar-refractivity contribution in [2.24, 2.45) is 0 Å². The smallest absolute Gasteiger partial charge is 0.409 e. The molecular weight excluding hydrogens is 415 g/mol. The lowest BCUT2D eigenvalue weighted by atomic mass is 10.1. The van der Waals surface area contributed by atoms with Crippen LogP contribution in [0.1, 0.15) is 18.9 Å². The van der Waals surface area contributed by atoms with Crippen LogP contribution in [0.4, 0.5) is 9.18 Å². The van der Waals surface area contributed by atoms with Crippen LogP contribution < -0.4 is 5.32 Å². The SMILES string of the molecule is CCOC(=O)N1CCN(C(=O)CC2C(=O)NCCN2Cc2ccc(Cl)c(F)c2)CC1. The van der Waals surface area contributed by atoms with Crippen molar-refractivity contribution in [1.82, 2.24) is 20.0 Å². The molecular formula is C20H26ClFN4O4. The van der Waals surface area contributed by atoms with Gasteiger partial charge in [-0.2, -0.15) is 0 Å². The highest BCUT2D eigenvalue weighted by atomic mass is 35.5. The second-order valence-electron chi connectivity index (χ2n) is 7.30. The van der Waals surface area contributed by atoms with Gasteiger partial charge in [0.2, 0.25) is 11.8 Å². The lowest BCUT2D eigenvalue weighted by Crippen LogP contribution is -2.57. The predicted molar refractivity (Wildman–Crippen MR) is 108 cm³/mol. The van der Waals surface area contributed by atoms with E-state index in [9.17, 15) is 18.8 Å². The first-order valence-electron chi connectivity index (χ1n) is 10.0. The van der Waals surface area contributed by atoms with Crippen molar-refractivity contribution < 1.29 is 23.5 Å².